The van der Waals surface area contributed by atoms with E-state index in [2.05, 4.69) is 0 Å². The van der Waals surface area contributed by atoms with Gasteiger partial charge in [-0.15, -0.1) is 0 Å². The molecule has 13 heteroatoms. The van der Waals surface area contributed by atoms with Crippen LogP contribution in [0.5, 0.6) is 0 Å². The average molecular weight is 679 g/mol. The Bertz CT molecular complexity index is 1340. The molecular formula is C35H50O13. The molecule has 4 rings (SSSR count). The Labute approximate surface area is 281 Å². The molecule has 0 aromatic rings. The SMILES string of the molecule is CCCCC(=O)O[C@H]1C[C@H](OC(C)=O)[C@@]2(C)[C@H]([C@H]1C)[C@@H](OC(C)=O)[C@]13O[C@]1(C)C(=O)O[C@H]3/C=C(/C)C[C@H](OC(=O)CCC)[C@H]2OC(C)=O. The molecule has 0 N–H and O–H groups in total. The standard InChI is InChI=1S/C35H50O13/c1-10-12-14-28(40)45-23-17-25(42-20(5)36)33(8)29(19(23)4)31(44-22(7)38)35-26(47-32(41)34(35,9)48-35)16-18(3)15-24(30(33)43-21(6)37)46-27(39)13-11-2/h16,19,23-26,29-31H,10-15,17H2,1-9H3/b18-16-/t19-,23-,24-,25-,26-,29+,30+,31+,33-,34+,35-/m0/s1. The Morgan fingerprint density at radius 2 is 1.42 bits per heavy atom. The molecule has 11 atom stereocenters. The maximum Gasteiger partial charge on any atom is 0.342 e. The lowest BCUT2D eigenvalue weighted by molar-refractivity contribution is -0.248. The topological polar surface area (TPSA) is 170 Å². The summed E-state index contributed by atoms with van der Waals surface area (Å²) in [7, 11) is 0. The number of unbranched alkanes of at least 4 members (excludes halogenated alkanes) is 1. The van der Waals surface area contributed by atoms with Crippen molar-refractivity contribution >= 4 is 35.8 Å². The summed E-state index contributed by atoms with van der Waals surface area (Å²) in [5.41, 5.74) is -3.90. The number of carbonyl (C=O) groups excluding carboxylic acids is 6. The molecule has 2 aliphatic heterocycles. The second-order valence-electron chi connectivity index (χ2n) is 14.0. The van der Waals surface area contributed by atoms with Crippen LogP contribution < -0.4 is 0 Å². The van der Waals surface area contributed by atoms with Gasteiger partial charge in [0.25, 0.3) is 0 Å². The van der Waals surface area contributed by atoms with Gasteiger partial charge in [-0.25, -0.2) is 4.79 Å². The molecule has 4 aliphatic rings. The molecule has 0 aromatic heterocycles. The van der Waals surface area contributed by atoms with E-state index in [0.29, 0.717) is 18.4 Å². The van der Waals surface area contributed by atoms with E-state index in [4.69, 9.17) is 33.2 Å². The molecule has 1 saturated carbocycles. The van der Waals surface area contributed by atoms with E-state index < -0.39 is 101 Å². The van der Waals surface area contributed by atoms with Gasteiger partial charge < -0.3 is 33.2 Å². The Balaban J connectivity index is 2.04. The molecule has 3 fully saturated rings. The summed E-state index contributed by atoms with van der Waals surface area (Å²) in [6.45, 7) is 14.3. The Hall–Kier alpha value is -3.48. The summed E-state index contributed by atoms with van der Waals surface area (Å²) in [4.78, 5) is 78.2. The fourth-order valence-electron chi connectivity index (χ4n) is 8.23. The zero-order valence-corrected chi connectivity index (χ0v) is 29.5. The van der Waals surface area contributed by atoms with E-state index in [1.54, 1.807) is 33.8 Å². The average Bonchev–Trinajstić information content (AvgIpc) is 3.57. The van der Waals surface area contributed by atoms with Crippen LogP contribution in [0.15, 0.2) is 11.6 Å². The lowest BCUT2D eigenvalue weighted by atomic mass is 9.52. The first-order valence-electron chi connectivity index (χ1n) is 16.9. The van der Waals surface area contributed by atoms with Crippen LogP contribution in [0.4, 0.5) is 0 Å². The summed E-state index contributed by atoms with van der Waals surface area (Å²) in [6.07, 6.45) is -2.75. The predicted octanol–water partition coefficient (Wildman–Crippen LogP) is 4.06. The zero-order valence-electron chi connectivity index (χ0n) is 29.5. The van der Waals surface area contributed by atoms with Crippen LogP contribution in [-0.2, 0) is 61.9 Å². The molecule has 0 bridgehead atoms. The Morgan fingerprint density at radius 1 is 0.833 bits per heavy atom. The lowest BCUT2D eigenvalue weighted by Crippen LogP contribution is -2.68. The summed E-state index contributed by atoms with van der Waals surface area (Å²) < 4.78 is 42.5. The summed E-state index contributed by atoms with van der Waals surface area (Å²) in [5.74, 6) is -5.32. The first-order chi connectivity index (χ1) is 22.5. The van der Waals surface area contributed by atoms with Gasteiger partial charge in [-0.1, -0.05) is 39.7 Å². The number of carbonyl (C=O) groups is 6. The molecule has 0 amide bonds. The van der Waals surface area contributed by atoms with E-state index in [1.807, 2.05) is 13.8 Å². The Kier molecular flexibility index (Phi) is 11.0. The van der Waals surface area contributed by atoms with E-state index in [1.165, 1.54) is 20.8 Å². The van der Waals surface area contributed by atoms with Gasteiger partial charge in [0.15, 0.2) is 17.3 Å². The molecule has 48 heavy (non-hydrogen) atoms. The number of esters is 6. The van der Waals surface area contributed by atoms with Gasteiger partial charge >= 0.3 is 35.8 Å². The van der Waals surface area contributed by atoms with Gasteiger partial charge in [-0.3, -0.25) is 24.0 Å². The van der Waals surface area contributed by atoms with Crippen molar-refractivity contribution in [3.8, 4) is 0 Å². The number of hydrogen-bond donors (Lipinski definition) is 0. The van der Waals surface area contributed by atoms with Gasteiger partial charge in [0.05, 0.1) is 5.41 Å². The van der Waals surface area contributed by atoms with Crippen LogP contribution in [0.2, 0.25) is 0 Å². The number of ether oxygens (including phenoxy) is 7. The Morgan fingerprint density at radius 3 is 1.98 bits per heavy atom. The van der Waals surface area contributed by atoms with Gasteiger partial charge in [0, 0.05) is 58.3 Å². The normalized spacial score (nSPS) is 39.5. The highest BCUT2D eigenvalue weighted by Gasteiger charge is 2.87. The maximum atomic E-state index is 13.4. The third-order valence-corrected chi connectivity index (χ3v) is 10.4. The van der Waals surface area contributed by atoms with Crippen LogP contribution >= 0.6 is 0 Å². The molecule has 0 aromatic carbocycles. The van der Waals surface area contributed by atoms with Gasteiger partial charge in [0.2, 0.25) is 0 Å². The zero-order chi connectivity index (χ0) is 35.8. The van der Waals surface area contributed by atoms with Crippen LogP contribution in [0, 0.1) is 17.3 Å². The molecular weight excluding hydrogens is 628 g/mol. The smallest absolute Gasteiger partial charge is 0.342 e. The third kappa shape index (κ3) is 6.71. The minimum Gasteiger partial charge on any atom is -0.462 e. The fraction of sp³-hybridized carbons (Fsp3) is 0.771. The van der Waals surface area contributed by atoms with Crippen LogP contribution in [0.1, 0.15) is 107 Å². The molecule has 2 aliphatic carbocycles. The van der Waals surface area contributed by atoms with Crippen molar-refractivity contribution in [3.05, 3.63) is 11.6 Å². The third-order valence-electron chi connectivity index (χ3n) is 10.4. The molecule has 13 nitrogen and oxygen atoms in total. The van der Waals surface area contributed by atoms with Crippen molar-refractivity contribution in [2.75, 3.05) is 0 Å². The molecule has 1 spiro atoms. The van der Waals surface area contributed by atoms with E-state index >= 15 is 0 Å². The van der Waals surface area contributed by atoms with E-state index in [9.17, 15) is 28.8 Å². The summed E-state index contributed by atoms with van der Waals surface area (Å²) in [6, 6.07) is 0. The van der Waals surface area contributed by atoms with Gasteiger partial charge in [-0.05, 0) is 32.8 Å². The second-order valence-corrected chi connectivity index (χ2v) is 14.0. The number of fused-ring (bicyclic) bond motifs is 1. The summed E-state index contributed by atoms with van der Waals surface area (Å²) in [5, 5.41) is 0. The van der Waals surface area contributed by atoms with Crippen molar-refractivity contribution in [2.24, 2.45) is 17.3 Å². The predicted molar refractivity (Wildman–Crippen MR) is 167 cm³/mol. The first-order valence-corrected chi connectivity index (χ1v) is 16.9. The van der Waals surface area contributed by atoms with Crippen molar-refractivity contribution in [1.29, 1.82) is 0 Å². The van der Waals surface area contributed by atoms with E-state index in [0.717, 1.165) is 6.42 Å². The fourth-order valence-corrected chi connectivity index (χ4v) is 8.23. The summed E-state index contributed by atoms with van der Waals surface area (Å²) >= 11 is 0. The molecule has 0 unspecified atom stereocenters. The van der Waals surface area contributed by atoms with Crippen LogP contribution in [0.25, 0.3) is 0 Å². The largest absolute Gasteiger partial charge is 0.462 e. The number of rotatable bonds is 10. The monoisotopic (exact) mass is 678 g/mol. The molecule has 2 saturated heterocycles. The minimum absolute atomic E-state index is 0.00456. The lowest BCUT2D eigenvalue weighted by Gasteiger charge is -2.57. The maximum absolute atomic E-state index is 13.4. The van der Waals surface area contributed by atoms with Gasteiger partial charge in [0.1, 0.15) is 30.5 Å². The minimum atomic E-state index is -1.53. The molecule has 0 radical (unpaired) electrons. The van der Waals surface area contributed by atoms with Crippen molar-refractivity contribution in [1.82, 2.24) is 0 Å². The van der Waals surface area contributed by atoms with Crippen molar-refractivity contribution in [2.45, 2.75) is 155 Å². The number of epoxide rings is 1. The molecule has 268 valence electrons. The highest BCUT2D eigenvalue weighted by Crippen LogP contribution is 2.66. The number of hydrogen-bond acceptors (Lipinski definition) is 13. The van der Waals surface area contributed by atoms with Crippen molar-refractivity contribution in [3.63, 3.8) is 0 Å². The van der Waals surface area contributed by atoms with Crippen LogP contribution in [0.3, 0.4) is 0 Å². The highest BCUT2D eigenvalue weighted by atomic mass is 16.7. The van der Waals surface area contributed by atoms with Crippen LogP contribution in [-0.4, -0.2) is 83.6 Å². The highest BCUT2D eigenvalue weighted by molar-refractivity contribution is 5.89. The molecule has 2 heterocycles. The quantitative estimate of drug-likeness (QED) is 0.140. The van der Waals surface area contributed by atoms with Crippen molar-refractivity contribution < 1.29 is 61.9 Å². The van der Waals surface area contributed by atoms with E-state index in [-0.39, 0.29) is 25.7 Å². The first kappa shape index (κ1) is 37.3. The second kappa shape index (κ2) is 14.2. The van der Waals surface area contributed by atoms with Gasteiger partial charge in [-0.2, -0.15) is 0 Å².